The molecule has 0 unspecified atom stereocenters. The Morgan fingerprint density at radius 1 is 1.00 bits per heavy atom. The molecule has 0 aliphatic rings. The van der Waals surface area contributed by atoms with Crippen molar-refractivity contribution in [2.75, 3.05) is 26.4 Å². The van der Waals surface area contributed by atoms with E-state index < -0.39 is 9.84 Å². The molecule has 0 spiro atoms. The van der Waals surface area contributed by atoms with E-state index in [-0.39, 0.29) is 29.7 Å². The first-order valence-electron chi connectivity index (χ1n) is 7.76. The molecule has 1 N–H and O–H groups in total. The summed E-state index contributed by atoms with van der Waals surface area (Å²) in [5.74, 6) is 0.692. The van der Waals surface area contributed by atoms with Crippen molar-refractivity contribution >= 4 is 39.8 Å². The Balaban J connectivity index is 0.00000312. The monoisotopic (exact) mass is 473 g/mol. The summed E-state index contributed by atoms with van der Waals surface area (Å²) in [5, 5.41) is 3.11. The Kier molecular flexibility index (Phi) is 8.91. The molecular formula is C18H24IN3O2S. The quantitative estimate of drug-likeness (QED) is 0.398. The van der Waals surface area contributed by atoms with Crippen molar-refractivity contribution in [3.05, 3.63) is 66.2 Å². The van der Waals surface area contributed by atoms with E-state index in [0.717, 1.165) is 5.56 Å². The lowest BCUT2D eigenvalue weighted by Crippen LogP contribution is -2.38. The van der Waals surface area contributed by atoms with Crippen LogP contribution in [0.2, 0.25) is 0 Å². The first-order valence-corrected chi connectivity index (χ1v) is 9.41. The van der Waals surface area contributed by atoms with Gasteiger partial charge in [0.1, 0.15) is 0 Å². The fourth-order valence-electron chi connectivity index (χ4n) is 2.15. The molecule has 2 rings (SSSR count). The molecule has 25 heavy (non-hydrogen) atoms. The lowest BCUT2D eigenvalue weighted by Gasteiger charge is -2.17. The van der Waals surface area contributed by atoms with Gasteiger partial charge in [-0.05, 0) is 17.7 Å². The maximum atomic E-state index is 12.3. The van der Waals surface area contributed by atoms with Crippen LogP contribution < -0.4 is 5.32 Å². The zero-order chi connectivity index (χ0) is 17.4. The number of halogens is 1. The molecule has 2 aromatic rings. The second kappa shape index (κ2) is 10.4. The Morgan fingerprint density at radius 2 is 1.56 bits per heavy atom. The largest absolute Gasteiger partial charge is 0.355 e. The van der Waals surface area contributed by atoms with E-state index in [0.29, 0.717) is 23.9 Å². The second-order valence-electron chi connectivity index (χ2n) is 5.58. The van der Waals surface area contributed by atoms with Crippen LogP contribution in [0.25, 0.3) is 0 Å². The van der Waals surface area contributed by atoms with Crippen molar-refractivity contribution in [1.82, 2.24) is 10.2 Å². The molecule has 0 saturated carbocycles. The molecular weight excluding hydrogens is 449 g/mol. The summed E-state index contributed by atoms with van der Waals surface area (Å²) in [6.07, 6.45) is 0. The summed E-state index contributed by atoms with van der Waals surface area (Å²) in [5.41, 5.74) is 1.11. The summed E-state index contributed by atoms with van der Waals surface area (Å²) >= 11 is 0. The summed E-state index contributed by atoms with van der Waals surface area (Å²) in [4.78, 5) is 6.71. The SMILES string of the molecule is CN(C)C(=NCc1ccccc1)NCCS(=O)(=O)c1ccccc1.I. The van der Waals surface area contributed by atoms with Crippen molar-refractivity contribution < 1.29 is 8.42 Å². The number of rotatable bonds is 6. The van der Waals surface area contributed by atoms with Gasteiger partial charge in [0.05, 0.1) is 17.2 Å². The number of benzene rings is 2. The van der Waals surface area contributed by atoms with Gasteiger partial charge in [-0.2, -0.15) is 0 Å². The van der Waals surface area contributed by atoms with Crippen LogP contribution in [-0.2, 0) is 16.4 Å². The van der Waals surface area contributed by atoms with Crippen LogP contribution in [0.1, 0.15) is 5.56 Å². The predicted octanol–water partition coefficient (Wildman–Crippen LogP) is 2.79. The minimum Gasteiger partial charge on any atom is -0.355 e. The van der Waals surface area contributed by atoms with Gasteiger partial charge < -0.3 is 10.2 Å². The van der Waals surface area contributed by atoms with E-state index in [1.54, 1.807) is 30.3 Å². The van der Waals surface area contributed by atoms with E-state index in [1.807, 2.05) is 49.3 Å². The van der Waals surface area contributed by atoms with Crippen molar-refractivity contribution in [3.63, 3.8) is 0 Å². The molecule has 2 aromatic carbocycles. The average molecular weight is 473 g/mol. The first-order chi connectivity index (χ1) is 11.5. The van der Waals surface area contributed by atoms with Gasteiger partial charge in [0.25, 0.3) is 0 Å². The Morgan fingerprint density at radius 3 is 2.12 bits per heavy atom. The molecule has 0 aromatic heterocycles. The predicted molar refractivity (Wildman–Crippen MR) is 113 cm³/mol. The lowest BCUT2D eigenvalue weighted by atomic mass is 10.2. The Hall–Kier alpha value is -1.61. The highest BCUT2D eigenvalue weighted by molar-refractivity contribution is 14.0. The standard InChI is InChI=1S/C18H23N3O2S.HI/c1-21(2)18(20-15-16-9-5-3-6-10-16)19-13-14-24(22,23)17-11-7-4-8-12-17;/h3-12H,13-15H2,1-2H3,(H,19,20);1H. The van der Waals surface area contributed by atoms with Crippen molar-refractivity contribution in [2.45, 2.75) is 11.4 Å². The molecule has 0 atom stereocenters. The fraction of sp³-hybridized carbons (Fsp3) is 0.278. The molecule has 136 valence electrons. The summed E-state index contributed by atoms with van der Waals surface area (Å²) < 4.78 is 24.5. The zero-order valence-corrected chi connectivity index (χ0v) is 17.6. The summed E-state index contributed by atoms with van der Waals surface area (Å²) in [6, 6.07) is 18.4. The molecule has 0 saturated heterocycles. The van der Waals surface area contributed by atoms with Gasteiger partial charge in [-0.3, -0.25) is 0 Å². The normalized spacial score (nSPS) is 11.5. The van der Waals surface area contributed by atoms with E-state index in [9.17, 15) is 8.42 Å². The van der Waals surface area contributed by atoms with Gasteiger partial charge in [0.2, 0.25) is 0 Å². The maximum absolute atomic E-state index is 12.3. The number of sulfone groups is 1. The van der Waals surface area contributed by atoms with E-state index in [1.165, 1.54) is 0 Å². The van der Waals surface area contributed by atoms with Crippen LogP contribution in [0.15, 0.2) is 70.6 Å². The number of nitrogens with zero attached hydrogens (tertiary/aromatic N) is 2. The summed E-state index contributed by atoms with van der Waals surface area (Å²) in [6.45, 7) is 0.857. The Labute approximate surface area is 167 Å². The molecule has 0 heterocycles. The number of hydrogen-bond donors (Lipinski definition) is 1. The van der Waals surface area contributed by atoms with Crippen molar-refractivity contribution in [3.8, 4) is 0 Å². The van der Waals surface area contributed by atoms with E-state index in [2.05, 4.69) is 10.3 Å². The van der Waals surface area contributed by atoms with Crippen LogP contribution in [-0.4, -0.2) is 45.7 Å². The maximum Gasteiger partial charge on any atom is 0.193 e. The van der Waals surface area contributed by atoms with Gasteiger partial charge >= 0.3 is 0 Å². The lowest BCUT2D eigenvalue weighted by molar-refractivity contribution is 0.576. The second-order valence-corrected chi connectivity index (χ2v) is 7.69. The molecule has 5 nitrogen and oxygen atoms in total. The van der Waals surface area contributed by atoms with E-state index >= 15 is 0 Å². The minimum absolute atomic E-state index is 0. The van der Waals surface area contributed by atoms with Crippen LogP contribution in [0.3, 0.4) is 0 Å². The number of hydrogen-bond acceptors (Lipinski definition) is 3. The van der Waals surface area contributed by atoms with Crippen LogP contribution >= 0.6 is 24.0 Å². The molecule has 0 aliphatic carbocycles. The Bertz CT molecular complexity index is 763. The minimum atomic E-state index is -3.28. The third-order valence-electron chi connectivity index (χ3n) is 3.43. The average Bonchev–Trinajstić information content (AvgIpc) is 2.59. The topological polar surface area (TPSA) is 61.8 Å². The van der Waals surface area contributed by atoms with Gasteiger partial charge in [0.15, 0.2) is 15.8 Å². The number of aliphatic imine (C=N–C) groups is 1. The van der Waals surface area contributed by atoms with Crippen LogP contribution in [0.5, 0.6) is 0 Å². The number of nitrogens with one attached hydrogen (secondary N) is 1. The van der Waals surface area contributed by atoms with Gasteiger partial charge in [0, 0.05) is 20.6 Å². The highest BCUT2D eigenvalue weighted by Gasteiger charge is 2.13. The van der Waals surface area contributed by atoms with Gasteiger partial charge in [-0.15, -0.1) is 24.0 Å². The highest BCUT2D eigenvalue weighted by atomic mass is 127. The third-order valence-corrected chi connectivity index (χ3v) is 5.17. The molecule has 0 bridgehead atoms. The van der Waals surface area contributed by atoms with E-state index in [4.69, 9.17) is 0 Å². The fourth-order valence-corrected chi connectivity index (χ4v) is 3.33. The molecule has 0 radical (unpaired) electrons. The van der Waals surface area contributed by atoms with Crippen LogP contribution in [0.4, 0.5) is 0 Å². The molecule has 7 heteroatoms. The molecule has 0 fully saturated rings. The first kappa shape index (κ1) is 21.4. The zero-order valence-electron chi connectivity index (χ0n) is 14.4. The molecule has 0 amide bonds. The van der Waals surface area contributed by atoms with Crippen molar-refractivity contribution in [1.29, 1.82) is 0 Å². The van der Waals surface area contributed by atoms with Crippen molar-refractivity contribution in [2.24, 2.45) is 4.99 Å². The molecule has 0 aliphatic heterocycles. The smallest absolute Gasteiger partial charge is 0.193 e. The highest BCUT2D eigenvalue weighted by Crippen LogP contribution is 2.09. The summed E-state index contributed by atoms with van der Waals surface area (Å²) in [7, 11) is 0.470. The third kappa shape index (κ3) is 7.03. The van der Waals surface area contributed by atoms with Crippen LogP contribution in [0, 0.1) is 0 Å². The van der Waals surface area contributed by atoms with Gasteiger partial charge in [-0.1, -0.05) is 48.5 Å². The van der Waals surface area contributed by atoms with Gasteiger partial charge in [-0.25, -0.2) is 13.4 Å². The number of guanidine groups is 1.